The number of halogens is 4. The minimum absolute atomic E-state index is 0.0302. The monoisotopic (exact) mass is 627 g/mol. The van der Waals surface area contributed by atoms with Crippen LogP contribution in [0.4, 0.5) is 17.6 Å². The number of rotatable bonds is 9. The molecule has 3 aromatic rings. The van der Waals surface area contributed by atoms with Gasteiger partial charge in [-0.3, -0.25) is 10.2 Å². The number of esters is 1. The van der Waals surface area contributed by atoms with E-state index in [2.05, 4.69) is 5.32 Å². The Kier molecular flexibility index (Phi) is 11.0. The van der Waals surface area contributed by atoms with Gasteiger partial charge in [-0.1, -0.05) is 26.0 Å². The Morgan fingerprint density at radius 3 is 2.09 bits per heavy atom. The molecule has 0 unspecified atom stereocenters. The second kappa shape index (κ2) is 13.8. The Hall–Kier alpha value is -4.99. The van der Waals surface area contributed by atoms with E-state index in [9.17, 15) is 42.2 Å². The molecular formula is C27H25F4N3O8S. The summed E-state index contributed by atoms with van der Waals surface area (Å²) in [5.74, 6) is -6.83. The van der Waals surface area contributed by atoms with Crippen molar-refractivity contribution < 1.29 is 56.8 Å². The molecule has 1 amide bonds. The van der Waals surface area contributed by atoms with Gasteiger partial charge in [0.25, 0.3) is 0 Å². The highest BCUT2D eigenvalue weighted by Gasteiger charge is 2.38. The second-order valence-electron chi connectivity index (χ2n) is 9.41. The lowest BCUT2D eigenvalue weighted by molar-refractivity contribution is -0.192. The number of nitrogen functional groups attached to an aromatic ring is 1. The predicted octanol–water partition coefficient (Wildman–Crippen LogP) is 4.24. The number of carboxylic acid groups (broad SMARTS) is 2. The van der Waals surface area contributed by atoms with Crippen LogP contribution in [0.2, 0.25) is 0 Å². The maximum atomic E-state index is 14.2. The summed E-state index contributed by atoms with van der Waals surface area (Å²) in [5.41, 5.74) is 4.74. The van der Waals surface area contributed by atoms with E-state index in [-0.39, 0.29) is 34.2 Å². The summed E-state index contributed by atoms with van der Waals surface area (Å²) in [7, 11) is 0. The van der Waals surface area contributed by atoms with Crippen LogP contribution in [-0.4, -0.2) is 51.1 Å². The van der Waals surface area contributed by atoms with Crippen molar-refractivity contribution >= 4 is 41.0 Å². The molecule has 2 aromatic carbocycles. The average molecular weight is 628 g/mol. The van der Waals surface area contributed by atoms with Crippen LogP contribution >= 0.6 is 11.3 Å². The van der Waals surface area contributed by atoms with Gasteiger partial charge < -0.3 is 31.1 Å². The summed E-state index contributed by atoms with van der Waals surface area (Å²) in [6, 6.07) is 10.9. The van der Waals surface area contributed by atoms with Gasteiger partial charge in [-0.15, -0.1) is 11.3 Å². The van der Waals surface area contributed by atoms with Crippen molar-refractivity contribution in [2.75, 3.05) is 0 Å². The van der Waals surface area contributed by atoms with E-state index in [0.717, 1.165) is 17.4 Å². The zero-order valence-corrected chi connectivity index (χ0v) is 23.2. The summed E-state index contributed by atoms with van der Waals surface area (Å²) in [6.45, 7) is 3.28. The molecule has 230 valence electrons. The smallest absolute Gasteiger partial charge is 0.490 e. The number of amidine groups is 1. The standard InChI is InChI=1S/C25H24FN3O6S.C2HF3O2/c1-25(2,24(34)29-20(22(31)32)13-3-6-15(30)7-4-13)12-16-8-10-19(36-16)23(33)35-18-9-5-14(21(27)28)11-17(18)26;3-2(4,5)1(6)7/h3-11,20,30H,12H2,1-2H3,(H3,27,28)(H,29,34)(H,31,32);(H,6,7)/t20-;/m1./s1. The minimum atomic E-state index is -5.08. The van der Waals surface area contributed by atoms with Crippen LogP contribution in [0.3, 0.4) is 0 Å². The van der Waals surface area contributed by atoms with E-state index in [1.807, 2.05) is 0 Å². The summed E-state index contributed by atoms with van der Waals surface area (Å²) >= 11 is 1.07. The van der Waals surface area contributed by atoms with Gasteiger partial charge >= 0.3 is 24.1 Å². The van der Waals surface area contributed by atoms with Gasteiger partial charge in [0.2, 0.25) is 5.91 Å². The molecule has 7 N–H and O–H groups in total. The number of hydrogen-bond acceptors (Lipinski definition) is 8. The molecule has 16 heteroatoms. The van der Waals surface area contributed by atoms with Gasteiger partial charge in [-0.25, -0.2) is 18.8 Å². The van der Waals surface area contributed by atoms with Crippen LogP contribution in [-0.2, 0) is 20.8 Å². The van der Waals surface area contributed by atoms with Gasteiger partial charge in [-0.05, 0) is 54.4 Å². The van der Waals surface area contributed by atoms with E-state index in [1.165, 1.54) is 42.5 Å². The molecule has 0 bridgehead atoms. The molecule has 1 aromatic heterocycles. The number of carbonyl (C=O) groups is 4. The number of benzene rings is 2. The van der Waals surface area contributed by atoms with Crippen molar-refractivity contribution in [1.29, 1.82) is 5.41 Å². The molecular weight excluding hydrogens is 602 g/mol. The first-order valence-corrected chi connectivity index (χ1v) is 12.7. The molecule has 0 aliphatic heterocycles. The quantitative estimate of drug-likeness (QED) is 0.0660. The van der Waals surface area contributed by atoms with Gasteiger partial charge in [-0.2, -0.15) is 13.2 Å². The first-order chi connectivity index (χ1) is 19.8. The Bertz CT molecular complexity index is 1520. The van der Waals surface area contributed by atoms with Crippen LogP contribution in [0.5, 0.6) is 11.5 Å². The number of thiophene rings is 1. The normalized spacial score (nSPS) is 11.9. The number of hydrogen-bond donors (Lipinski definition) is 6. The SMILES string of the molecule is CC(C)(Cc1ccc(C(=O)Oc2ccc(C(=N)N)cc2F)s1)C(=O)N[C@@H](C(=O)O)c1ccc(O)cc1.O=C(O)C(F)(F)F. The Labute approximate surface area is 245 Å². The molecule has 11 nitrogen and oxygen atoms in total. The van der Waals surface area contributed by atoms with E-state index >= 15 is 0 Å². The number of amides is 1. The maximum Gasteiger partial charge on any atom is 0.490 e. The Morgan fingerprint density at radius 2 is 1.60 bits per heavy atom. The largest absolute Gasteiger partial charge is 0.508 e. The Morgan fingerprint density at radius 1 is 1.02 bits per heavy atom. The number of phenols is 1. The van der Waals surface area contributed by atoms with Crippen molar-refractivity contribution in [1.82, 2.24) is 5.32 Å². The third kappa shape index (κ3) is 9.81. The fourth-order valence-electron chi connectivity index (χ4n) is 3.28. The summed E-state index contributed by atoms with van der Waals surface area (Å²) in [6.07, 6.45) is -4.89. The van der Waals surface area contributed by atoms with E-state index < -0.39 is 47.3 Å². The molecule has 0 saturated heterocycles. The van der Waals surface area contributed by atoms with Crippen molar-refractivity contribution in [3.8, 4) is 11.5 Å². The fraction of sp³-hybridized carbons (Fsp3) is 0.222. The number of nitrogens with two attached hydrogens (primary N) is 1. The number of carboxylic acids is 2. The molecule has 0 aliphatic carbocycles. The van der Waals surface area contributed by atoms with Crippen LogP contribution in [0, 0.1) is 16.6 Å². The molecule has 3 rings (SSSR count). The van der Waals surface area contributed by atoms with Crippen molar-refractivity contribution in [3.63, 3.8) is 0 Å². The second-order valence-corrected chi connectivity index (χ2v) is 10.6. The number of ether oxygens (including phenoxy) is 1. The molecule has 0 radical (unpaired) electrons. The third-order valence-corrected chi connectivity index (χ3v) is 6.60. The number of carbonyl (C=O) groups excluding carboxylic acids is 2. The van der Waals surface area contributed by atoms with Crippen LogP contribution in [0.25, 0.3) is 0 Å². The van der Waals surface area contributed by atoms with Crippen LogP contribution < -0.4 is 15.8 Å². The minimum Gasteiger partial charge on any atom is -0.508 e. The van der Waals surface area contributed by atoms with E-state index in [0.29, 0.717) is 10.4 Å². The lowest BCUT2D eigenvalue weighted by Gasteiger charge is -2.25. The molecule has 43 heavy (non-hydrogen) atoms. The van der Waals surface area contributed by atoms with Gasteiger partial charge in [0.1, 0.15) is 16.5 Å². The predicted molar refractivity (Wildman–Crippen MR) is 144 cm³/mol. The molecule has 0 spiro atoms. The van der Waals surface area contributed by atoms with Gasteiger partial charge in [0, 0.05) is 15.9 Å². The summed E-state index contributed by atoms with van der Waals surface area (Å²) in [4.78, 5) is 46.9. The zero-order chi connectivity index (χ0) is 32.7. The average Bonchev–Trinajstić information content (AvgIpc) is 3.36. The number of aliphatic carboxylic acids is 2. The van der Waals surface area contributed by atoms with Crippen molar-refractivity contribution in [2.24, 2.45) is 11.1 Å². The molecule has 1 heterocycles. The van der Waals surface area contributed by atoms with Gasteiger partial charge in [0.05, 0.1) is 0 Å². The summed E-state index contributed by atoms with van der Waals surface area (Å²) < 4.78 is 51.0. The first-order valence-electron chi connectivity index (χ1n) is 11.9. The van der Waals surface area contributed by atoms with Crippen LogP contribution in [0.1, 0.15) is 45.6 Å². The zero-order valence-electron chi connectivity index (χ0n) is 22.4. The first kappa shape index (κ1) is 34.2. The highest BCUT2D eigenvalue weighted by molar-refractivity contribution is 7.14. The van der Waals surface area contributed by atoms with Gasteiger partial charge in [0.15, 0.2) is 17.6 Å². The topological polar surface area (TPSA) is 200 Å². The van der Waals surface area contributed by atoms with E-state index in [4.69, 9.17) is 25.8 Å². The number of phenolic OH excluding ortho intramolecular Hbond substituents is 1. The third-order valence-electron chi connectivity index (χ3n) is 5.53. The molecule has 0 saturated carbocycles. The highest BCUT2D eigenvalue weighted by Crippen LogP contribution is 2.29. The Balaban J connectivity index is 0.000000821. The lowest BCUT2D eigenvalue weighted by atomic mass is 9.87. The number of aromatic hydroxyl groups is 1. The lowest BCUT2D eigenvalue weighted by Crippen LogP contribution is -2.42. The van der Waals surface area contributed by atoms with Crippen molar-refractivity contribution in [2.45, 2.75) is 32.5 Å². The maximum absolute atomic E-state index is 14.2. The summed E-state index contributed by atoms with van der Waals surface area (Å²) in [5, 5.41) is 36.0. The fourth-order valence-corrected chi connectivity index (χ4v) is 4.39. The van der Waals surface area contributed by atoms with Crippen LogP contribution in [0.15, 0.2) is 54.6 Å². The molecule has 0 fully saturated rings. The number of nitrogens with one attached hydrogen (secondary N) is 2. The number of alkyl halides is 3. The van der Waals surface area contributed by atoms with Crippen molar-refractivity contribution in [3.05, 3.63) is 81.3 Å². The molecule has 1 atom stereocenters. The van der Waals surface area contributed by atoms with E-state index in [1.54, 1.807) is 19.9 Å². The highest BCUT2D eigenvalue weighted by atomic mass is 32.1. The molecule has 0 aliphatic rings.